The minimum atomic E-state index is -4.55. The van der Waals surface area contributed by atoms with E-state index in [0.29, 0.717) is 28.7 Å². The maximum Gasteiger partial charge on any atom is 0.307 e. The minimum absolute atomic E-state index is 0.206. The molecular formula is C22H24O10S2. The second kappa shape index (κ2) is 9.45. The van der Waals surface area contributed by atoms with E-state index < -0.39 is 53.8 Å². The molecule has 184 valence electrons. The van der Waals surface area contributed by atoms with Crippen molar-refractivity contribution in [3.63, 3.8) is 0 Å². The predicted molar refractivity (Wildman–Crippen MR) is 120 cm³/mol. The maximum absolute atomic E-state index is 12.4. The zero-order valence-electron chi connectivity index (χ0n) is 18.3. The molecule has 1 aliphatic carbocycles. The number of aliphatic carboxylic acids is 1. The Labute approximate surface area is 197 Å². The number of carboxylic acids is 1. The van der Waals surface area contributed by atoms with Gasteiger partial charge in [-0.25, -0.2) is 0 Å². The molecule has 10 nitrogen and oxygen atoms in total. The van der Waals surface area contributed by atoms with E-state index in [-0.39, 0.29) is 18.9 Å². The van der Waals surface area contributed by atoms with Crippen LogP contribution in [0.4, 0.5) is 0 Å². The second-order valence-corrected chi connectivity index (χ2v) is 11.1. The van der Waals surface area contributed by atoms with Crippen LogP contribution >= 0.6 is 0 Å². The Morgan fingerprint density at radius 3 is 1.79 bits per heavy atom. The molecule has 0 bridgehead atoms. The van der Waals surface area contributed by atoms with E-state index in [4.69, 9.17) is 4.74 Å². The first-order chi connectivity index (χ1) is 15.7. The van der Waals surface area contributed by atoms with Gasteiger partial charge in [0.15, 0.2) is 0 Å². The van der Waals surface area contributed by atoms with E-state index >= 15 is 0 Å². The molecule has 0 radical (unpaired) electrons. The first-order valence-electron chi connectivity index (χ1n) is 10.4. The molecule has 0 saturated heterocycles. The van der Waals surface area contributed by atoms with Crippen LogP contribution in [0.3, 0.4) is 0 Å². The molecule has 0 fully saturated rings. The van der Waals surface area contributed by atoms with Crippen molar-refractivity contribution in [3.05, 3.63) is 47.5 Å². The Morgan fingerprint density at radius 1 is 0.941 bits per heavy atom. The van der Waals surface area contributed by atoms with Gasteiger partial charge in [-0.05, 0) is 52.4 Å². The van der Waals surface area contributed by atoms with Crippen LogP contribution in [-0.4, -0.2) is 49.6 Å². The molecule has 12 heteroatoms. The summed E-state index contributed by atoms with van der Waals surface area (Å²) in [4.78, 5) is 23.1. The number of rotatable bonds is 9. The van der Waals surface area contributed by atoms with Gasteiger partial charge in [-0.3, -0.25) is 18.7 Å². The van der Waals surface area contributed by atoms with Crippen LogP contribution in [-0.2, 0) is 34.6 Å². The highest BCUT2D eigenvalue weighted by atomic mass is 32.2. The zero-order valence-corrected chi connectivity index (χ0v) is 20.0. The number of hydrogen-bond acceptors (Lipinski definition) is 7. The van der Waals surface area contributed by atoms with Gasteiger partial charge in [-0.15, -0.1) is 0 Å². The van der Waals surface area contributed by atoms with Gasteiger partial charge in [0.05, 0.1) is 22.1 Å². The summed E-state index contributed by atoms with van der Waals surface area (Å²) in [5.41, 5.74) is 1.61. The quantitative estimate of drug-likeness (QED) is 0.335. The average Bonchev–Trinajstić information content (AvgIpc) is 3.06. The van der Waals surface area contributed by atoms with Gasteiger partial charge in [-0.1, -0.05) is 32.4 Å². The molecule has 0 aromatic heterocycles. The lowest BCUT2D eigenvalue weighted by molar-refractivity contribution is -0.153. The molecular weight excluding hydrogens is 488 g/mol. The third kappa shape index (κ3) is 5.30. The van der Waals surface area contributed by atoms with Crippen molar-refractivity contribution >= 4 is 32.2 Å². The van der Waals surface area contributed by atoms with Gasteiger partial charge >= 0.3 is 11.9 Å². The minimum Gasteiger partial charge on any atom is -0.481 e. The highest BCUT2D eigenvalue weighted by molar-refractivity contribution is 7.86. The fourth-order valence-electron chi connectivity index (χ4n) is 4.04. The van der Waals surface area contributed by atoms with Crippen LogP contribution in [0, 0.1) is 11.8 Å². The Hall–Kier alpha value is -2.80. The lowest BCUT2D eigenvalue weighted by Crippen LogP contribution is -2.26. The summed E-state index contributed by atoms with van der Waals surface area (Å²) < 4.78 is 70.6. The lowest BCUT2D eigenvalue weighted by Gasteiger charge is -2.19. The summed E-state index contributed by atoms with van der Waals surface area (Å²) in [7, 11) is -9.10. The Bertz CT molecular complexity index is 1260. The number of ether oxygens (including phenoxy) is 1. The first kappa shape index (κ1) is 25.8. The van der Waals surface area contributed by atoms with E-state index in [2.05, 4.69) is 0 Å². The Kier molecular flexibility index (Phi) is 7.18. The molecule has 0 amide bonds. The molecule has 0 heterocycles. The van der Waals surface area contributed by atoms with Crippen LogP contribution < -0.4 is 0 Å². The molecule has 2 atom stereocenters. The summed E-state index contributed by atoms with van der Waals surface area (Å²) in [6.07, 6.45) is 0.250. The van der Waals surface area contributed by atoms with Crippen molar-refractivity contribution in [3.8, 4) is 11.1 Å². The van der Waals surface area contributed by atoms with Gasteiger partial charge in [-0.2, -0.15) is 16.8 Å². The van der Waals surface area contributed by atoms with Gasteiger partial charge in [0.1, 0.15) is 6.61 Å². The van der Waals surface area contributed by atoms with Crippen LogP contribution in [0.25, 0.3) is 11.1 Å². The molecule has 0 saturated carbocycles. The van der Waals surface area contributed by atoms with Crippen molar-refractivity contribution in [1.29, 1.82) is 0 Å². The Morgan fingerprint density at radius 2 is 1.41 bits per heavy atom. The normalized spacial score (nSPS) is 15.3. The molecule has 1 aliphatic rings. The fourth-order valence-corrected chi connectivity index (χ4v) is 5.06. The van der Waals surface area contributed by atoms with Crippen LogP contribution in [0.1, 0.15) is 43.7 Å². The van der Waals surface area contributed by atoms with Crippen molar-refractivity contribution in [1.82, 2.24) is 0 Å². The highest BCUT2D eigenvalue weighted by Gasteiger charge is 2.33. The number of carbonyl (C=O) groups excluding carboxylic acids is 1. The van der Waals surface area contributed by atoms with Crippen molar-refractivity contribution in [2.24, 2.45) is 11.8 Å². The molecule has 0 unspecified atom stereocenters. The van der Waals surface area contributed by atoms with Gasteiger partial charge < -0.3 is 9.84 Å². The first-order valence-corrected chi connectivity index (χ1v) is 13.2. The number of carboxylic acid groups (broad SMARTS) is 1. The monoisotopic (exact) mass is 512 g/mol. The van der Waals surface area contributed by atoms with Crippen LogP contribution in [0.5, 0.6) is 0 Å². The molecule has 3 N–H and O–H groups in total. The summed E-state index contributed by atoms with van der Waals surface area (Å²) >= 11 is 0. The third-order valence-corrected chi connectivity index (χ3v) is 7.83. The van der Waals surface area contributed by atoms with E-state index in [1.165, 1.54) is 36.4 Å². The summed E-state index contributed by atoms with van der Waals surface area (Å²) in [6, 6.07) is 7.52. The van der Waals surface area contributed by atoms with E-state index in [0.717, 1.165) is 0 Å². The maximum atomic E-state index is 12.4. The predicted octanol–water partition coefficient (Wildman–Crippen LogP) is 2.97. The smallest absolute Gasteiger partial charge is 0.307 e. The molecule has 2 aromatic carbocycles. The van der Waals surface area contributed by atoms with E-state index in [1.807, 2.05) is 6.92 Å². The zero-order chi connectivity index (χ0) is 25.4. The van der Waals surface area contributed by atoms with Crippen molar-refractivity contribution < 1.29 is 45.4 Å². The molecule has 0 spiro atoms. The van der Waals surface area contributed by atoms with Crippen molar-refractivity contribution in [2.45, 2.75) is 42.4 Å². The van der Waals surface area contributed by atoms with E-state index in [1.54, 1.807) is 6.92 Å². The van der Waals surface area contributed by atoms with Crippen LogP contribution in [0.2, 0.25) is 0 Å². The molecule has 3 rings (SSSR count). The number of fused-ring (bicyclic) bond motifs is 3. The highest BCUT2D eigenvalue weighted by Crippen LogP contribution is 2.46. The number of benzene rings is 2. The van der Waals surface area contributed by atoms with Gasteiger partial charge in [0.25, 0.3) is 20.2 Å². The lowest BCUT2D eigenvalue weighted by atomic mass is 9.89. The Balaban J connectivity index is 1.96. The molecule has 0 aliphatic heterocycles. The SMILES string of the molecule is CC[C@H](C)[C@H](CC(=O)OCC1c2ccc(S(=O)(=O)O)cc2-c2cc(S(=O)(=O)O)ccc21)C(=O)O. The number of hydrogen-bond donors (Lipinski definition) is 3. The average molecular weight is 513 g/mol. The summed E-state index contributed by atoms with van der Waals surface area (Å²) in [6.45, 7) is 3.34. The van der Waals surface area contributed by atoms with Gasteiger partial charge in [0, 0.05) is 5.92 Å². The fraction of sp³-hybridized carbons (Fsp3) is 0.364. The largest absolute Gasteiger partial charge is 0.481 e. The van der Waals surface area contributed by atoms with Crippen molar-refractivity contribution in [2.75, 3.05) is 6.61 Å². The summed E-state index contributed by atoms with van der Waals surface area (Å²) in [5, 5.41) is 9.40. The molecule has 34 heavy (non-hydrogen) atoms. The van der Waals surface area contributed by atoms with Crippen LogP contribution in [0.15, 0.2) is 46.2 Å². The van der Waals surface area contributed by atoms with E-state index in [9.17, 15) is 40.6 Å². The number of carbonyl (C=O) groups is 2. The topological polar surface area (TPSA) is 172 Å². The third-order valence-electron chi connectivity index (χ3n) is 6.13. The number of esters is 1. The second-order valence-electron chi connectivity index (χ2n) is 8.22. The van der Waals surface area contributed by atoms with Gasteiger partial charge in [0.2, 0.25) is 0 Å². The summed E-state index contributed by atoms with van der Waals surface area (Å²) in [5.74, 6) is -3.57. The molecule has 2 aromatic rings. The standard InChI is InChI=1S/C22H24O10S2/c1-3-12(2)17(22(24)25)10-21(23)32-11-20-15-6-4-13(33(26,27)28)8-18(15)19-9-14(34(29,30)31)5-7-16(19)20/h4-9,12,17,20H,3,10-11H2,1-2H3,(H,24,25)(H,26,27,28)(H,29,30,31)/t12-,17-/m0/s1.